The summed E-state index contributed by atoms with van der Waals surface area (Å²) in [5.74, 6) is -2.35. The molecular formula is C12H12N2O7. The van der Waals surface area contributed by atoms with Gasteiger partial charge in [-0.05, 0) is 18.9 Å². The van der Waals surface area contributed by atoms with Crippen LogP contribution in [0.2, 0.25) is 0 Å². The quantitative estimate of drug-likeness (QED) is 0.425. The summed E-state index contributed by atoms with van der Waals surface area (Å²) in [6, 6.07) is 3.60. The number of hydrogen-bond acceptors (Lipinski definition) is 6. The molecule has 1 heterocycles. The smallest absolute Gasteiger partial charge is 0.332 e. The van der Waals surface area contributed by atoms with Gasteiger partial charge in [-0.25, -0.2) is 4.79 Å². The standard InChI is InChI=1S/C12H12N2O7/c15-7-3-1-2-6(14(19)20)10(7)13-11(16)8-4-5-9(21-8)12(17)18/h1-3,8-9,15H,4-5H2,(H,13,16)(H,17,18)/t8-,9+/m0/s1. The second kappa shape index (κ2) is 5.75. The Morgan fingerprint density at radius 2 is 2.00 bits per heavy atom. The number of nitrogens with one attached hydrogen (secondary N) is 1. The maximum atomic E-state index is 11.9. The first-order valence-electron chi connectivity index (χ1n) is 6.05. The van der Waals surface area contributed by atoms with Gasteiger partial charge in [-0.1, -0.05) is 6.07 Å². The molecule has 1 saturated heterocycles. The number of phenols is 1. The molecule has 21 heavy (non-hydrogen) atoms. The molecule has 0 radical (unpaired) electrons. The van der Waals surface area contributed by atoms with Crippen molar-refractivity contribution in [1.82, 2.24) is 0 Å². The minimum absolute atomic E-state index is 0.177. The second-order valence-corrected chi connectivity index (χ2v) is 4.45. The first kappa shape index (κ1) is 14.7. The summed E-state index contributed by atoms with van der Waals surface area (Å²) in [5.41, 5.74) is -0.800. The highest BCUT2D eigenvalue weighted by molar-refractivity contribution is 5.98. The molecule has 9 heteroatoms. The minimum atomic E-state index is -1.17. The molecule has 2 rings (SSSR count). The van der Waals surface area contributed by atoms with Gasteiger partial charge in [0.2, 0.25) is 0 Å². The van der Waals surface area contributed by atoms with Crippen molar-refractivity contribution in [3.63, 3.8) is 0 Å². The van der Waals surface area contributed by atoms with E-state index in [1.54, 1.807) is 0 Å². The van der Waals surface area contributed by atoms with E-state index in [1.165, 1.54) is 12.1 Å². The fraction of sp³-hybridized carbons (Fsp3) is 0.333. The van der Waals surface area contributed by atoms with Crippen LogP contribution >= 0.6 is 0 Å². The summed E-state index contributed by atoms with van der Waals surface area (Å²) in [4.78, 5) is 32.8. The molecule has 112 valence electrons. The van der Waals surface area contributed by atoms with Gasteiger partial charge in [-0.2, -0.15) is 0 Å². The number of carboxylic acid groups (broad SMARTS) is 1. The van der Waals surface area contributed by atoms with Crippen molar-refractivity contribution in [2.75, 3.05) is 5.32 Å². The van der Waals surface area contributed by atoms with E-state index in [0.717, 1.165) is 6.07 Å². The highest BCUT2D eigenvalue weighted by Crippen LogP contribution is 2.33. The Kier molecular flexibility index (Phi) is 4.03. The molecule has 1 aromatic rings. The Balaban J connectivity index is 2.14. The average molecular weight is 296 g/mol. The van der Waals surface area contributed by atoms with E-state index in [9.17, 15) is 24.8 Å². The number of anilines is 1. The Morgan fingerprint density at radius 1 is 1.33 bits per heavy atom. The number of nitrogens with zero attached hydrogens (tertiary/aromatic N) is 1. The molecule has 9 nitrogen and oxygen atoms in total. The number of benzene rings is 1. The molecule has 1 aromatic carbocycles. The summed E-state index contributed by atoms with van der Waals surface area (Å²) >= 11 is 0. The molecule has 1 amide bonds. The van der Waals surface area contributed by atoms with Crippen molar-refractivity contribution in [3.8, 4) is 5.75 Å². The van der Waals surface area contributed by atoms with Gasteiger partial charge in [0.05, 0.1) is 4.92 Å². The third kappa shape index (κ3) is 3.08. The number of aliphatic carboxylic acids is 1. The van der Waals surface area contributed by atoms with E-state index < -0.39 is 40.4 Å². The number of nitro benzene ring substituents is 1. The molecule has 1 aliphatic rings. The highest BCUT2D eigenvalue weighted by Gasteiger charge is 2.35. The highest BCUT2D eigenvalue weighted by atomic mass is 16.6. The molecule has 1 fully saturated rings. The third-order valence-corrected chi connectivity index (χ3v) is 3.05. The van der Waals surface area contributed by atoms with Crippen molar-refractivity contribution >= 4 is 23.3 Å². The lowest BCUT2D eigenvalue weighted by Crippen LogP contribution is -2.30. The maximum absolute atomic E-state index is 11.9. The molecule has 0 bridgehead atoms. The van der Waals surface area contributed by atoms with Gasteiger partial charge >= 0.3 is 5.97 Å². The average Bonchev–Trinajstić information content (AvgIpc) is 2.90. The van der Waals surface area contributed by atoms with Gasteiger partial charge in [0, 0.05) is 6.07 Å². The molecule has 0 aromatic heterocycles. The summed E-state index contributed by atoms with van der Waals surface area (Å²) in [6.07, 6.45) is -1.73. The Labute approximate surface area is 118 Å². The molecule has 0 aliphatic carbocycles. The van der Waals surface area contributed by atoms with E-state index in [2.05, 4.69) is 5.32 Å². The number of phenolic OH excluding ortho intramolecular Hbond substituents is 1. The van der Waals surface area contributed by atoms with Crippen LogP contribution < -0.4 is 5.32 Å². The number of para-hydroxylation sites is 1. The van der Waals surface area contributed by atoms with Crippen LogP contribution in [0.1, 0.15) is 12.8 Å². The lowest BCUT2D eigenvalue weighted by atomic mass is 10.2. The SMILES string of the molecule is O=C(Nc1c(O)cccc1[N+](=O)[O-])[C@@H]1CC[C@H](C(=O)O)O1. The van der Waals surface area contributed by atoms with E-state index >= 15 is 0 Å². The zero-order valence-electron chi connectivity index (χ0n) is 10.7. The van der Waals surface area contributed by atoms with Crippen LogP contribution in [-0.4, -0.2) is 39.2 Å². The number of ether oxygens (including phenoxy) is 1. The van der Waals surface area contributed by atoms with Crippen LogP contribution in [0.15, 0.2) is 18.2 Å². The zero-order chi connectivity index (χ0) is 15.6. The van der Waals surface area contributed by atoms with Crippen LogP contribution in [0.4, 0.5) is 11.4 Å². The third-order valence-electron chi connectivity index (χ3n) is 3.05. The van der Waals surface area contributed by atoms with Gasteiger partial charge in [0.15, 0.2) is 11.8 Å². The molecular weight excluding hydrogens is 284 g/mol. The zero-order valence-corrected chi connectivity index (χ0v) is 10.7. The first-order chi connectivity index (χ1) is 9.90. The predicted molar refractivity (Wildman–Crippen MR) is 68.9 cm³/mol. The normalized spacial score (nSPS) is 21.0. The van der Waals surface area contributed by atoms with E-state index in [4.69, 9.17) is 9.84 Å². The van der Waals surface area contributed by atoms with Gasteiger partial charge in [0.1, 0.15) is 11.9 Å². The molecule has 0 unspecified atom stereocenters. The van der Waals surface area contributed by atoms with Crippen molar-refractivity contribution < 1.29 is 29.5 Å². The molecule has 0 spiro atoms. The van der Waals surface area contributed by atoms with Crippen molar-refractivity contribution in [2.24, 2.45) is 0 Å². The number of carboxylic acids is 1. The molecule has 3 N–H and O–H groups in total. The van der Waals surface area contributed by atoms with E-state index in [0.29, 0.717) is 0 Å². The van der Waals surface area contributed by atoms with Gasteiger partial charge in [-0.3, -0.25) is 14.9 Å². The summed E-state index contributed by atoms with van der Waals surface area (Å²) in [5, 5.41) is 31.5. The van der Waals surface area contributed by atoms with Crippen LogP contribution in [0.3, 0.4) is 0 Å². The lowest BCUT2D eigenvalue weighted by Gasteiger charge is -2.12. The number of amides is 1. The van der Waals surface area contributed by atoms with Crippen LogP contribution in [0, 0.1) is 10.1 Å². The fourth-order valence-corrected chi connectivity index (χ4v) is 2.02. The summed E-state index contributed by atoms with van der Waals surface area (Å²) in [6.45, 7) is 0. The lowest BCUT2D eigenvalue weighted by molar-refractivity contribution is -0.384. The number of carbonyl (C=O) groups excluding carboxylic acids is 1. The van der Waals surface area contributed by atoms with Gasteiger partial charge < -0.3 is 20.3 Å². The monoisotopic (exact) mass is 296 g/mol. The number of rotatable bonds is 4. The first-order valence-corrected chi connectivity index (χ1v) is 6.05. The van der Waals surface area contributed by atoms with Crippen molar-refractivity contribution in [3.05, 3.63) is 28.3 Å². The topological polar surface area (TPSA) is 139 Å². The van der Waals surface area contributed by atoms with Crippen molar-refractivity contribution in [1.29, 1.82) is 0 Å². The number of nitro groups is 1. The maximum Gasteiger partial charge on any atom is 0.332 e. The van der Waals surface area contributed by atoms with Gasteiger partial charge in [-0.15, -0.1) is 0 Å². The second-order valence-electron chi connectivity index (χ2n) is 4.45. The number of hydrogen-bond donors (Lipinski definition) is 3. The van der Waals surface area contributed by atoms with Crippen molar-refractivity contribution in [2.45, 2.75) is 25.0 Å². The Morgan fingerprint density at radius 3 is 2.57 bits per heavy atom. The molecule has 1 aliphatic heterocycles. The van der Waals surface area contributed by atoms with Crippen LogP contribution in [-0.2, 0) is 14.3 Å². The summed E-state index contributed by atoms with van der Waals surface area (Å²) < 4.78 is 5.03. The minimum Gasteiger partial charge on any atom is -0.505 e. The number of carbonyl (C=O) groups is 2. The Bertz CT molecular complexity index is 601. The fourth-order valence-electron chi connectivity index (χ4n) is 2.02. The molecule has 2 atom stereocenters. The summed E-state index contributed by atoms with van der Waals surface area (Å²) in [7, 11) is 0. The number of aromatic hydroxyl groups is 1. The van der Waals surface area contributed by atoms with E-state index in [1.807, 2.05) is 0 Å². The van der Waals surface area contributed by atoms with Crippen LogP contribution in [0.25, 0.3) is 0 Å². The predicted octanol–water partition coefficient (Wildman–Crippen LogP) is 0.871. The van der Waals surface area contributed by atoms with E-state index in [-0.39, 0.29) is 18.5 Å². The molecule has 0 saturated carbocycles. The van der Waals surface area contributed by atoms with Gasteiger partial charge in [0.25, 0.3) is 11.6 Å². The largest absolute Gasteiger partial charge is 0.505 e. The Hall–Kier alpha value is -2.68. The van der Waals surface area contributed by atoms with Crippen LogP contribution in [0.5, 0.6) is 5.75 Å².